The maximum Gasteiger partial charge on any atom is 2.00 e. The predicted octanol–water partition coefficient (Wildman–Crippen LogP) is -0.0401. The molecule has 0 radical (unpaired) electrons. The van der Waals surface area contributed by atoms with Crippen molar-refractivity contribution in [3.63, 3.8) is 0 Å². The molecule has 0 aromatic carbocycles. The van der Waals surface area contributed by atoms with Crippen molar-refractivity contribution in [2.75, 3.05) is 11.5 Å². The van der Waals surface area contributed by atoms with E-state index >= 15 is 0 Å². The molecule has 10 N–H and O–H groups in total. The predicted molar refractivity (Wildman–Crippen MR) is 129 cm³/mol. The van der Waals surface area contributed by atoms with E-state index in [1.807, 2.05) is 24.3 Å². The first-order chi connectivity index (χ1) is 14.5. The van der Waals surface area contributed by atoms with Gasteiger partial charge in [0.15, 0.2) is 0 Å². The third kappa shape index (κ3) is 13.6. The summed E-state index contributed by atoms with van der Waals surface area (Å²) in [5.74, 6) is 2.42. The minimum absolute atomic E-state index is 0. The Morgan fingerprint density at radius 1 is 0.667 bits per heavy atom. The van der Waals surface area contributed by atoms with Crippen LogP contribution in [0.2, 0.25) is 0 Å². The number of isothiocyanates is 2. The van der Waals surface area contributed by atoms with E-state index in [1.54, 1.807) is 46.6 Å². The summed E-state index contributed by atoms with van der Waals surface area (Å²) in [7, 11) is 0. The fourth-order valence-corrected chi connectivity index (χ4v) is 1.80. The first kappa shape index (κ1) is 34.2. The monoisotopic (exact) mass is 590 g/mol. The van der Waals surface area contributed by atoms with Crippen LogP contribution >= 0.6 is 24.4 Å². The molecule has 0 aliphatic heterocycles. The zero-order chi connectivity index (χ0) is 22.2. The third-order valence-corrected chi connectivity index (χ3v) is 2.88. The topological polar surface area (TPSA) is 250 Å². The van der Waals surface area contributed by atoms with Gasteiger partial charge in [0, 0.05) is 0 Å². The summed E-state index contributed by atoms with van der Waals surface area (Å²) in [5.41, 5.74) is 11.0. The van der Waals surface area contributed by atoms with Gasteiger partial charge >= 0.3 is 27.3 Å². The number of pyridine rings is 2. The summed E-state index contributed by atoms with van der Waals surface area (Å²) < 4.78 is 3.38. The van der Waals surface area contributed by atoms with Crippen molar-refractivity contribution in [2.45, 2.75) is 0 Å². The summed E-state index contributed by atoms with van der Waals surface area (Å²) in [5, 5.41) is 31.6. The molecule has 14 nitrogen and oxygen atoms in total. The first-order valence-electron chi connectivity index (χ1n) is 7.73. The number of nitrogens with two attached hydrogens (primary N) is 2. The Hall–Kier alpha value is -3.38. The van der Waals surface area contributed by atoms with Crippen molar-refractivity contribution < 1.29 is 38.3 Å². The van der Waals surface area contributed by atoms with E-state index in [4.69, 9.17) is 22.3 Å². The van der Waals surface area contributed by atoms with E-state index in [9.17, 15) is 0 Å². The van der Waals surface area contributed by atoms with E-state index < -0.39 is 0 Å². The van der Waals surface area contributed by atoms with Gasteiger partial charge < -0.3 is 33.2 Å². The average molecular weight is 589 g/mol. The van der Waals surface area contributed by atoms with Crippen LogP contribution < -0.4 is 11.5 Å². The van der Waals surface area contributed by atoms with Gasteiger partial charge in [0.05, 0.1) is 0 Å². The third-order valence-electron chi connectivity index (χ3n) is 2.88. The molecule has 0 atom stereocenters. The Balaban J connectivity index is -0.000000411. The molecule has 4 heterocycles. The van der Waals surface area contributed by atoms with Crippen LogP contribution in [0.1, 0.15) is 0 Å². The number of anilines is 2. The molecule has 4 aromatic heterocycles. The summed E-state index contributed by atoms with van der Waals surface area (Å²) >= 11 is 7.40. The van der Waals surface area contributed by atoms with Crippen LogP contribution in [0.3, 0.4) is 0 Å². The molecule has 0 bridgehead atoms. The van der Waals surface area contributed by atoms with Gasteiger partial charge in [-0.25, -0.2) is 9.97 Å². The van der Waals surface area contributed by atoms with Gasteiger partial charge in [-0.2, -0.15) is 10.3 Å². The van der Waals surface area contributed by atoms with Crippen LogP contribution in [0.15, 0.2) is 61.7 Å². The molecular formula is C16H20CdN12O2S2+2. The van der Waals surface area contributed by atoms with E-state index in [-0.39, 0.29) is 38.3 Å². The SMILES string of the molecule is Nc1cccc(-n2cnnc2)n1.Nc1cccc(-n2cnnc2)n1.[Cd+2].[N-]=C=S.[N-]=C=S.[OH3+].[OH3+]. The Morgan fingerprint density at radius 3 is 1.18 bits per heavy atom. The van der Waals surface area contributed by atoms with Gasteiger partial charge in [-0.15, -0.1) is 20.4 Å². The largest absolute Gasteiger partial charge is 2.00 e. The minimum atomic E-state index is 0. The molecule has 0 aliphatic carbocycles. The summed E-state index contributed by atoms with van der Waals surface area (Å²) in [6.07, 6.45) is 6.28. The van der Waals surface area contributed by atoms with Crippen molar-refractivity contribution in [1.82, 2.24) is 39.5 Å². The number of nitrogens with zero attached hydrogens (tertiary/aromatic N) is 10. The Labute approximate surface area is 218 Å². The van der Waals surface area contributed by atoms with Crippen molar-refractivity contribution in [2.24, 2.45) is 0 Å². The number of thiocarbonyl (C=S) groups is 2. The van der Waals surface area contributed by atoms with E-state index in [1.165, 1.54) is 10.3 Å². The molecule has 0 unspecified atom stereocenters. The molecule has 0 saturated heterocycles. The molecule has 168 valence electrons. The van der Waals surface area contributed by atoms with Gasteiger partial charge in [0.2, 0.25) is 0 Å². The minimum Gasteiger partial charge on any atom is -0.753 e. The second-order valence-corrected chi connectivity index (χ2v) is 5.13. The molecule has 4 aromatic rings. The van der Waals surface area contributed by atoms with E-state index in [2.05, 4.69) is 54.8 Å². The molecule has 0 amide bonds. The number of nitrogen functional groups attached to an aromatic ring is 2. The van der Waals surface area contributed by atoms with Crippen molar-refractivity contribution in [3.05, 3.63) is 72.5 Å². The maximum absolute atomic E-state index is 7.13. The molecule has 0 aliphatic rings. The standard InChI is InChI=1S/2C7H7N5.2CNS.Cd.2H2O/c2*8-6-2-1-3-7(11-6)12-4-9-10-5-12;2*2-1-3;;;/h2*1-5H,(H2,8,11);;;;2*1H2/q;;2*-1;+2;;/p+2. The number of hydrogen-bond acceptors (Lipinski definition) is 10. The zero-order valence-corrected chi connectivity index (χ0v) is 22.7. The van der Waals surface area contributed by atoms with Crippen LogP contribution in [0, 0.1) is 0 Å². The second kappa shape index (κ2) is 20.5. The van der Waals surface area contributed by atoms with Gasteiger partial charge in [0.1, 0.15) is 48.6 Å². The maximum atomic E-state index is 7.13. The fraction of sp³-hybridized carbons (Fsp3) is 0. The normalized spacial score (nSPS) is 7.76. The Morgan fingerprint density at radius 2 is 0.939 bits per heavy atom. The summed E-state index contributed by atoms with van der Waals surface area (Å²) in [4.78, 5) is 8.15. The van der Waals surface area contributed by atoms with Crippen LogP contribution in [0.5, 0.6) is 0 Å². The fourth-order valence-electron chi connectivity index (χ4n) is 1.80. The van der Waals surface area contributed by atoms with E-state index in [0.29, 0.717) is 11.6 Å². The van der Waals surface area contributed by atoms with Crippen LogP contribution in [-0.2, 0) is 38.3 Å². The van der Waals surface area contributed by atoms with Crippen molar-refractivity contribution >= 4 is 46.4 Å². The van der Waals surface area contributed by atoms with Gasteiger partial charge in [-0.1, -0.05) is 36.6 Å². The van der Waals surface area contributed by atoms with Crippen LogP contribution in [0.4, 0.5) is 11.6 Å². The first-order valence-corrected chi connectivity index (χ1v) is 8.54. The summed E-state index contributed by atoms with van der Waals surface area (Å²) in [6, 6.07) is 10.8. The number of rotatable bonds is 2. The van der Waals surface area contributed by atoms with Gasteiger partial charge in [0.25, 0.3) is 0 Å². The van der Waals surface area contributed by atoms with Gasteiger partial charge in [-0.05, 0) is 24.3 Å². The Kier molecular flexibility index (Phi) is 21.3. The molecule has 17 heteroatoms. The Bertz CT molecular complexity index is 997. The second-order valence-electron chi connectivity index (χ2n) is 4.76. The summed E-state index contributed by atoms with van der Waals surface area (Å²) in [6.45, 7) is 0. The molecular weight excluding hydrogens is 569 g/mol. The quantitative estimate of drug-likeness (QED) is 0.137. The van der Waals surface area contributed by atoms with Crippen molar-refractivity contribution in [1.29, 1.82) is 0 Å². The van der Waals surface area contributed by atoms with E-state index in [0.717, 1.165) is 11.6 Å². The van der Waals surface area contributed by atoms with Crippen LogP contribution in [0.25, 0.3) is 22.5 Å². The molecule has 0 fully saturated rings. The molecule has 0 saturated carbocycles. The molecule has 0 spiro atoms. The molecule has 33 heavy (non-hydrogen) atoms. The zero-order valence-electron chi connectivity index (χ0n) is 17.1. The number of aromatic nitrogens is 8. The number of hydrogen-bond donors (Lipinski definition) is 2. The van der Waals surface area contributed by atoms with Gasteiger partial charge in [-0.3, -0.25) is 9.13 Å². The molecule has 4 rings (SSSR count). The average Bonchev–Trinajstić information content (AvgIpc) is 3.44. The van der Waals surface area contributed by atoms with Crippen molar-refractivity contribution in [3.8, 4) is 11.6 Å². The smallest absolute Gasteiger partial charge is 0.753 e. The van der Waals surface area contributed by atoms with Crippen LogP contribution in [-0.4, -0.2) is 49.8 Å².